The first kappa shape index (κ1) is 21.7. The molecule has 0 aliphatic rings. The SMILES string of the molecule is CCCC(c1cc(C(C)(C)C)c(O)cc1C)([P+](O)(O)O)[P+](O)(O)O. The molecule has 9 heteroatoms. The van der Waals surface area contributed by atoms with Crippen molar-refractivity contribution in [2.75, 3.05) is 0 Å². The zero-order valence-electron chi connectivity index (χ0n) is 14.6. The van der Waals surface area contributed by atoms with Gasteiger partial charge in [-0.25, -0.2) is 0 Å². The van der Waals surface area contributed by atoms with Crippen molar-refractivity contribution in [2.24, 2.45) is 0 Å². The van der Waals surface area contributed by atoms with Gasteiger partial charge in [-0.05, 0) is 42.0 Å². The zero-order chi connectivity index (χ0) is 19.1. The Kier molecular flexibility index (Phi) is 6.10. The van der Waals surface area contributed by atoms with Crippen LogP contribution in [-0.2, 0) is 10.3 Å². The van der Waals surface area contributed by atoms with Crippen LogP contribution in [0.4, 0.5) is 0 Å². The molecule has 24 heavy (non-hydrogen) atoms. The maximum absolute atomic E-state index is 10.2. The Morgan fingerprint density at radius 3 is 1.67 bits per heavy atom. The van der Waals surface area contributed by atoms with Gasteiger partial charge in [0.15, 0.2) is 0 Å². The highest BCUT2D eigenvalue weighted by atomic mass is 31.3. The summed E-state index contributed by atoms with van der Waals surface area (Å²) in [6.07, 6.45) is -0.00518. The molecular formula is C15H28O7P2+2. The van der Waals surface area contributed by atoms with E-state index in [1.165, 1.54) is 19.1 Å². The topological polar surface area (TPSA) is 142 Å². The van der Waals surface area contributed by atoms with Crippen molar-refractivity contribution in [3.63, 3.8) is 0 Å². The Balaban J connectivity index is 3.91. The molecule has 0 unspecified atom stereocenters. The lowest BCUT2D eigenvalue weighted by Crippen LogP contribution is -2.33. The van der Waals surface area contributed by atoms with Gasteiger partial charge in [-0.1, -0.05) is 27.7 Å². The third kappa shape index (κ3) is 3.74. The number of aromatic hydroxyl groups is 1. The van der Waals surface area contributed by atoms with Gasteiger partial charge in [0.25, 0.3) is 0 Å². The second kappa shape index (κ2) is 6.75. The van der Waals surface area contributed by atoms with Crippen LogP contribution in [0.1, 0.15) is 57.2 Å². The Bertz CT molecular complexity index is 584. The van der Waals surface area contributed by atoms with E-state index in [0.29, 0.717) is 11.1 Å². The summed E-state index contributed by atoms with van der Waals surface area (Å²) < 4.78 is 0. The molecule has 1 aromatic carbocycles. The fraction of sp³-hybridized carbons (Fsp3) is 0.600. The highest BCUT2D eigenvalue weighted by Gasteiger charge is 2.79. The highest BCUT2D eigenvalue weighted by molar-refractivity contribution is 7.78. The van der Waals surface area contributed by atoms with Gasteiger partial charge in [0, 0.05) is 6.42 Å². The molecule has 1 rings (SSSR count). The minimum absolute atomic E-state index is 0.00809. The van der Waals surface area contributed by atoms with Crippen LogP contribution >= 0.6 is 15.9 Å². The summed E-state index contributed by atoms with van der Waals surface area (Å²) in [5, 5.41) is 10.2. The van der Waals surface area contributed by atoms with E-state index in [9.17, 15) is 34.5 Å². The van der Waals surface area contributed by atoms with Gasteiger partial charge in [0.2, 0.25) is 0 Å². The third-order valence-corrected chi connectivity index (χ3v) is 8.70. The van der Waals surface area contributed by atoms with Crippen LogP contribution < -0.4 is 0 Å². The van der Waals surface area contributed by atoms with Crippen molar-refractivity contribution in [2.45, 2.75) is 57.8 Å². The minimum atomic E-state index is -4.91. The molecule has 7 N–H and O–H groups in total. The van der Waals surface area contributed by atoms with Gasteiger partial charge in [-0.2, -0.15) is 29.4 Å². The summed E-state index contributed by atoms with van der Waals surface area (Å²) >= 11 is 0. The summed E-state index contributed by atoms with van der Waals surface area (Å²) in [5.41, 5.74) is 0.198. The monoisotopic (exact) mass is 382 g/mol. The molecule has 0 atom stereocenters. The Morgan fingerprint density at radius 2 is 1.33 bits per heavy atom. The predicted octanol–water partition coefficient (Wildman–Crippen LogP) is 2.43. The first-order valence-corrected chi connectivity index (χ1v) is 10.9. The van der Waals surface area contributed by atoms with Crippen molar-refractivity contribution in [1.29, 1.82) is 0 Å². The van der Waals surface area contributed by atoms with Crippen LogP contribution in [-0.4, -0.2) is 34.5 Å². The van der Waals surface area contributed by atoms with Crippen LogP contribution in [0.3, 0.4) is 0 Å². The van der Waals surface area contributed by atoms with E-state index in [2.05, 4.69) is 0 Å². The van der Waals surface area contributed by atoms with Gasteiger partial charge in [0.1, 0.15) is 5.75 Å². The first-order valence-electron chi connectivity index (χ1n) is 7.59. The molecule has 0 saturated heterocycles. The molecule has 138 valence electrons. The average Bonchev–Trinajstić information content (AvgIpc) is 2.32. The van der Waals surface area contributed by atoms with E-state index < -0.39 is 26.2 Å². The Labute approximate surface area is 143 Å². The van der Waals surface area contributed by atoms with Crippen molar-refractivity contribution in [3.05, 3.63) is 28.8 Å². The number of hydrogen-bond donors (Lipinski definition) is 7. The van der Waals surface area contributed by atoms with Crippen LogP contribution in [0.15, 0.2) is 12.1 Å². The minimum Gasteiger partial charge on any atom is -0.508 e. The summed E-state index contributed by atoms with van der Waals surface area (Å²) in [5.74, 6) is -0.0374. The maximum Gasteiger partial charge on any atom is 0.463 e. The number of hydrogen-bond acceptors (Lipinski definition) is 7. The molecule has 0 amide bonds. The molecule has 0 aliphatic heterocycles. The Hall–Kier alpha value is -0.360. The molecule has 0 saturated carbocycles. The van der Waals surface area contributed by atoms with E-state index >= 15 is 0 Å². The first-order chi connectivity index (χ1) is 10.6. The number of phenols is 1. The predicted molar refractivity (Wildman–Crippen MR) is 95.3 cm³/mol. The van der Waals surface area contributed by atoms with Crippen molar-refractivity contribution in [1.82, 2.24) is 0 Å². The van der Waals surface area contributed by atoms with Gasteiger partial charge < -0.3 is 5.11 Å². The van der Waals surface area contributed by atoms with E-state index in [1.807, 2.05) is 20.8 Å². The molecule has 0 fully saturated rings. The van der Waals surface area contributed by atoms with E-state index in [0.717, 1.165) is 0 Å². The smallest absolute Gasteiger partial charge is 0.463 e. The number of rotatable bonds is 5. The van der Waals surface area contributed by atoms with Gasteiger partial charge in [0.05, 0.1) is 5.56 Å². The van der Waals surface area contributed by atoms with Crippen LogP contribution in [0, 0.1) is 6.92 Å². The Morgan fingerprint density at radius 1 is 0.875 bits per heavy atom. The lowest BCUT2D eigenvalue weighted by molar-refractivity contribution is 0.252. The zero-order valence-corrected chi connectivity index (χ0v) is 16.4. The van der Waals surface area contributed by atoms with Crippen LogP contribution in [0.2, 0.25) is 0 Å². The molecule has 0 bridgehead atoms. The summed E-state index contributed by atoms with van der Waals surface area (Å²) in [6, 6.07) is 2.75. The third-order valence-electron chi connectivity index (χ3n) is 4.17. The molecule has 0 spiro atoms. The fourth-order valence-electron chi connectivity index (χ4n) is 3.01. The number of benzene rings is 1. The van der Waals surface area contributed by atoms with Crippen molar-refractivity contribution < 1.29 is 34.5 Å². The second-order valence-corrected chi connectivity index (χ2v) is 11.3. The second-order valence-electron chi connectivity index (χ2n) is 7.14. The number of aryl methyl sites for hydroxylation is 1. The summed E-state index contributed by atoms with van der Waals surface area (Å²) in [7, 11) is -9.83. The van der Waals surface area contributed by atoms with Gasteiger partial charge in [-0.15, -0.1) is 0 Å². The molecule has 0 radical (unpaired) electrons. The fourth-order valence-corrected chi connectivity index (χ4v) is 6.63. The molecule has 0 aromatic heterocycles. The highest BCUT2D eigenvalue weighted by Crippen LogP contribution is 2.84. The average molecular weight is 382 g/mol. The van der Waals surface area contributed by atoms with Gasteiger partial charge in [-0.3, -0.25) is 0 Å². The molecule has 1 aromatic rings. The standard InChI is InChI=1S/C15H27O7P2/c1-6-7-15(23(17,18)19,24(20,21)22)11-9-12(14(3,4)5)13(16)8-10(11)2/h8-9,17-22H,6-7H2,1-5H3/q+1/p+1. The maximum atomic E-state index is 10.2. The van der Waals surface area contributed by atoms with Gasteiger partial charge >= 0.3 is 20.8 Å². The lowest BCUT2D eigenvalue weighted by Gasteiger charge is -2.33. The van der Waals surface area contributed by atoms with Crippen LogP contribution in [0.25, 0.3) is 0 Å². The van der Waals surface area contributed by atoms with E-state index in [4.69, 9.17) is 0 Å². The molecule has 0 heterocycles. The lowest BCUT2D eigenvalue weighted by atomic mass is 9.83. The summed E-state index contributed by atoms with van der Waals surface area (Å²) in [4.78, 5) is 57.9. The van der Waals surface area contributed by atoms with E-state index in [-0.39, 0.29) is 24.2 Å². The quantitative estimate of drug-likeness (QED) is 0.388. The normalized spacial score (nSPS) is 14.1. The number of phenolic OH excluding ortho intramolecular Hbond substituents is 1. The van der Waals surface area contributed by atoms with E-state index in [1.54, 1.807) is 6.92 Å². The van der Waals surface area contributed by atoms with Crippen molar-refractivity contribution in [3.8, 4) is 5.75 Å². The molecule has 7 nitrogen and oxygen atoms in total. The molecular weight excluding hydrogens is 354 g/mol. The molecule has 0 aliphatic carbocycles. The van der Waals surface area contributed by atoms with Crippen molar-refractivity contribution >= 4 is 15.9 Å². The largest absolute Gasteiger partial charge is 0.508 e. The van der Waals surface area contributed by atoms with Crippen LogP contribution in [0.5, 0.6) is 5.75 Å². The summed E-state index contributed by atoms with van der Waals surface area (Å²) in [6.45, 7) is 8.64.